The molecule has 3 aromatic rings. The van der Waals surface area contributed by atoms with Gasteiger partial charge < -0.3 is 4.90 Å². The lowest BCUT2D eigenvalue weighted by Gasteiger charge is -2.33. The maximum Gasteiger partial charge on any atom is 0.222 e. The number of carbonyl (C=O) groups is 1. The minimum atomic E-state index is 0.237. The zero-order valence-electron chi connectivity index (χ0n) is 17.6. The smallest absolute Gasteiger partial charge is 0.222 e. The van der Waals surface area contributed by atoms with Crippen LogP contribution in [-0.2, 0) is 11.2 Å². The first-order chi connectivity index (χ1) is 14.7. The summed E-state index contributed by atoms with van der Waals surface area (Å²) < 4.78 is 0. The van der Waals surface area contributed by atoms with E-state index in [1.807, 2.05) is 11.0 Å². The molecule has 0 spiro atoms. The van der Waals surface area contributed by atoms with Crippen LogP contribution in [0.4, 0.5) is 0 Å². The third kappa shape index (κ3) is 4.93. The largest absolute Gasteiger partial charge is 0.342 e. The standard InChI is InChI=1S/C26H29N3O/c1-20-8-5-12-22(18-20)25-26(28-16-15-27-25)23-13-7-17-29(19-23)24(30)14-6-11-21-9-3-2-4-10-21/h2-5,8-10,12,15-16,18,23H,6-7,11,13-14,17,19H2,1H3/t23-/m1/s1. The molecule has 4 rings (SSSR count). The molecular weight excluding hydrogens is 370 g/mol. The Bertz CT molecular complexity index is 986. The second kappa shape index (κ2) is 9.66. The number of hydrogen-bond acceptors (Lipinski definition) is 3. The van der Waals surface area contributed by atoms with Gasteiger partial charge in [0.2, 0.25) is 5.91 Å². The van der Waals surface area contributed by atoms with E-state index in [0.717, 1.165) is 55.7 Å². The van der Waals surface area contributed by atoms with Crippen molar-refractivity contribution in [3.05, 3.63) is 83.8 Å². The summed E-state index contributed by atoms with van der Waals surface area (Å²) in [5.74, 6) is 0.498. The van der Waals surface area contributed by atoms with E-state index in [1.54, 1.807) is 12.4 Å². The van der Waals surface area contributed by atoms with Gasteiger partial charge in [-0.2, -0.15) is 0 Å². The van der Waals surface area contributed by atoms with Crippen LogP contribution in [0.1, 0.15) is 48.4 Å². The molecule has 2 heterocycles. The molecule has 1 aromatic heterocycles. The topological polar surface area (TPSA) is 46.1 Å². The van der Waals surface area contributed by atoms with Crippen molar-refractivity contribution in [1.29, 1.82) is 0 Å². The van der Waals surface area contributed by atoms with Crippen LogP contribution in [-0.4, -0.2) is 33.9 Å². The van der Waals surface area contributed by atoms with Crippen molar-refractivity contribution in [3.8, 4) is 11.3 Å². The lowest BCUT2D eigenvalue weighted by Crippen LogP contribution is -2.39. The zero-order chi connectivity index (χ0) is 20.8. The minimum absolute atomic E-state index is 0.237. The number of hydrogen-bond donors (Lipinski definition) is 0. The molecule has 1 saturated heterocycles. The summed E-state index contributed by atoms with van der Waals surface area (Å²) in [6, 6.07) is 18.8. The quantitative estimate of drug-likeness (QED) is 0.574. The summed E-state index contributed by atoms with van der Waals surface area (Å²) in [6.45, 7) is 3.68. The van der Waals surface area contributed by atoms with Crippen molar-refractivity contribution in [1.82, 2.24) is 14.9 Å². The molecular formula is C26H29N3O. The van der Waals surface area contributed by atoms with E-state index in [0.29, 0.717) is 6.42 Å². The van der Waals surface area contributed by atoms with Crippen molar-refractivity contribution in [3.63, 3.8) is 0 Å². The second-order valence-corrected chi connectivity index (χ2v) is 8.18. The van der Waals surface area contributed by atoms with E-state index in [4.69, 9.17) is 4.98 Å². The number of nitrogens with zero attached hydrogens (tertiary/aromatic N) is 3. The summed E-state index contributed by atoms with van der Waals surface area (Å²) in [5, 5.41) is 0. The molecule has 2 aromatic carbocycles. The number of amides is 1. The molecule has 30 heavy (non-hydrogen) atoms. The third-order valence-electron chi connectivity index (χ3n) is 5.88. The zero-order valence-corrected chi connectivity index (χ0v) is 17.6. The summed E-state index contributed by atoms with van der Waals surface area (Å²) >= 11 is 0. The fourth-order valence-corrected chi connectivity index (χ4v) is 4.34. The Hall–Kier alpha value is -3.01. The van der Waals surface area contributed by atoms with Gasteiger partial charge in [-0.1, -0.05) is 54.1 Å². The Balaban J connectivity index is 1.42. The third-order valence-corrected chi connectivity index (χ3v) is 5.88. The van der Waals surface area contributed by atoms with E-state index in [2.05, 4.69) is 60.4 Å². The van der Waals surface area contributed by atoms with Crippen LogP contribution >= 0.6 is 0 Å². The highest BCUT2D eigenvalue weighted by molar-refractivity contribution is 5.76. The van der Waals surface area contributed by atoms with Gasteiger partial charge in [-0.15, -0.1) is 0 Å². The van der Waals surface area contributed by atoms with E-state index in [1.165, 1.54) is 11.1 Å². The van der Waals surface area contributed by atoms with E-state index in [9.17, 15) is 4.79 Å². The fraction of sp³-hybridized carbons (Fsp3) is 0.346. The van der Waals surface area contributed by atoms with Crippen LogP contribution in [0, 0.1) is 6.92 Å². The number of piperidine rings is 1. The highest BCUT2D eigenvalue weighted by Crippen LogP contribution is 2.32. The molecule has 0 saturated carbocycles. The van der Waals surface area contributed by atoms with Gasteiger partial charge >= 0.3 is 0 Å². The Morgan fingerprint density at radius 3 is 2.73 bits per heavy atom. The summed E-state index contributed by atoms with van der Waals surface area (Å²) in [4.78, 5) is 24.2. The van der Waals surface area contributed by atoms with Gasteiger partial charge in [0.05, 0.1) is 11.4 Å². The molecule has 1 amide bonds. The van der Waals surface area contributed by atoms with Crippen molar-refractivity contribution in [2.45, 2.75) is 44.9 Å². The Morgan fingerprint density at radius 2 is 1.90 bits per heavy atom. The number of carbonyl (C=O) groups excluding carboxylic acids is 1. The van der Waals surface area contributed by atoms with Gasteiger partial charge in [0, 0.05) is 43.4 Å². The van der Waals surface area contributed by atoms with Crippen LogP contribution in [0.25, 0.3) is 11.3 Å². The molecule has 0 aliphatic carbocycles. The van der Waals surface area contributed by atoms with Gasteiger partial charge in [0.1, 0.15) is 0 Å². The molecule has 154 valence electrons. The molecule has 1 aliphatic heterocycles. The molecule has 0 radical (unpaired) electrons. The molecule has 1 fully saturated rings. The normalized spacial score (nSPS) is 16.4. The van der Waals surface area contributed by atoms with Crippen molar-refractivity contribution < 1.29 is 4.79 Å². The number of rotatable bonds is 6. The first kappa shape index (κ1) is 20.3. The monoisotopic (exact) mass is 399 g/mol. The number of aryl methyl sites for hydroxylation is 2. The van der Waals surface area contributed by atoms with Gasteiger partial charge in [-0.3, -0.25) is 14.8 Å². The van der Waals surface area contributed by atoms with Gasteiger partial charge in [-0.25, -0.2) is 0 Å². The van der Waals surface area contributed by atoms with Crippen LogP contribution < -0.4 is 0 Å². The number of benzene rings is 2. The second-order valence-electron chi connectivity index (χ2n) is 8.18. The molecule has 1 aliphatic rings. The van der Waals surface area contributed by atoms with Crippen LogP contribution in [0.3, 0.4) is 0 Å². The lowest BCUT2D eigenvalue weighted by atomic mass is 9.91. The molecule has 0 bridgehead atoms. The van der Waals surface area contributed by atoms with Crippen molar-refractivity contribution >= 4 is 5.91 Å². The first-order valence-electron chi connectivity index (χ1n) is 10.9. The maximum absolute atomic E-state index is 12.9. The number of likely N-dealkylation sites (tertiary alicyclic amines) is 1. The molecule has 4 nitrogen and oxygen atoms in total. The molecule has 1 atom stereocenters. The van der Waals surface area contributed by atoms with Crippen LogP contribution in [0.5, 0.6) is 0 Å². The van der Waals surface area contributed by atoms with E-state index in [-0.39, 0.29) is 11.8 Å². The van der Waals surface area contributed by atoms with Gasteiger partial charge in [0.15, 0.2) is 0 Å². The summed E-state index contributed by atoms with van der Waals surface area (Å²) in [6.07, 6.45) is 8.04. The SMILES string of the molecule is Cc1cccc(-c2nccnc2[C@@H]2CCCN(C(=O)CCCc3ccccc3)C2)c1. The van der Waals surface area contributed by atoms with Gasteiger partial charge in [0.25, 0.3) is 0 Å². The van der Waals surface area contributed by atoms with Crippen LogP contribution in [0.15, 0.2) is 67.0 Å². The fourth-order valence-electron chi connectivity index (χ4n) is 4.34. The highest BCUT2D eigenvalue weighted by Gasteiger charge is 2.27. The average molecular weight is 400 g/mol. The summed E-state index contributed by atoms with van der Waals surface area (Å²) in [7, 11) is 0. The maximum atomic E-state index is 12.9. The van der Waals surface area contributed by atoms with Crippen molar-refractivity contribution in [2.24, 2.45) is 0 Å². The van der Waals surface area contributed by atoms with Crippen molar-refractivity contribution in [2.75, 3.05) is 13.1 Å². The summed E-state index contributed by atoms with van der Waals surface area (Å²) in [5.41, 5.74) is 5.58. The molecule has 0 unspecified atom stereocenters. The molecule has 0 N–H and O–H groups in total. The average Bonchev–Trinajstić information content (AvgIpc) is 2.80. The first-order valence-corrected chi connectivity index (χ1v) is 10.9. The van der Waals surface area contributed by atoms with Gasteiger partial charge in [-0.05, 0) is 44.2 Å². The molecule has 4 heteroatoms. The van der Waals surface area contributed by atoms with E-state index < -0.39 is 0 Å². The predicted molar refractivity (Wildman–Crippen MR) is 120 cm³/mol. The van der Waals surface area contributed by atoms with E-state index >= 15 is 0 Å². The predicted octanol–water partition coefficient (Wildman–Crippen LogP) is 5.18. The number of aromatic nitrogens is 2. The highest BCUT2D eigenvalue weighted by atomic mass is 16.2. The Morgan fingerprint density at radius 1 is 1.07 bits per heavy atom. The van der Waals surface area contributed by atoms with Crippen LogP contribution in [0.2, 0.25) is 0 Å². The Kier molecular flexibility index (Phi) is 6.53. The lowest BCUT2D eigenvalue weighted by molar-refractivity contribution is -0.132. The minimum Gasteiger partial charge on any atom is -0.342 e. The Labute approximate surface area is 179 Å².